The predicted molar refractivity (Wildman–Crippen MR) is 58.2 cm³/mol. The SMILES string of the molecule is CCCN(C)CC=C(CC)C(=O)OC. The van der Waals surface area contributed by atoms with Gasteiger partial charge in [0.1, 0.15) is 0 Å². The topological polar surface area (TPSA) is 29.5 Å². The van der Waals surface area contributed by atoms with Gasteiger partial charge in [0.15, 0.2) is 0 Å². The molecule has 82 valence electrons. The van der Waals surface area contributed by atoms with Crippen LogP contribution in [0.2, 0.25) is 0 Å². The number of carbonyl (C=O) groups is 1. The maximum Gasteiger partial charge on any atom is 0.333 e. The van der Waals surface area contributed by atoms with Crippen LogP contribution < -0.4 is 0 Å². The second kappa shape index (κ2) is 7.56. The molecule has 0 aromatic rings. The summed E-state index contributed by atoms with van der Waals surface area (Å²) in [6, 6.07) is 0. The molecule has 0 radical (unpaired) electrons. The van der Waals surface area contributed by atoms with Crippen LogP contribution in [0.4, 0.5) is 0 Å². The number of ether oxygens (including phenoxy) is 1. The maximum atomic E-state index is 11.2. The van der Waals surface area contributed by atoms with Crippen molar-refractivity contribution in [3.63, 3.8) is 0 Å². The molecule has 3 nitrogen and oxygen atoms in total. The highest BCUT2D eigenvalue weighted by molar-refractivity contribution is 5.88. The van der Waals surface area contributed by atoms with Gasteiger partial charge in [-0.3, -0.25) is 0 Å². The fraction of sp³-hybridized carbons (Fsp3) is 0.727. The summed E-state index contributed by atoms with van der Waals surface area (Å²) in [5.74, 6) is -0.211. The quantitative estimate of drug-likeness (QED) is 0.483. The van der Waals surface area contributed by atoms with Crippen LogP contribution in [0.25, 0.3) is 0 Å². The van der Waals surface area contributed by atoms with Crippen molar-refractivity contribution in [2.24, 2.45) is 0 Å². The molecule has 3 heteroatoms. The van der Waals surface area contributed by atoms with Crippen molar-refractivity contribution >= 4 is 5.97 Å². The first-order valence-corrected chi connectivity index (χ1v) is 5.11. The molecule has 0 fully saturated rings. The minimum atomic E-state index is -0.211. The third-order valence-electron chi connectivity index (χ3n) is 2.08. The predicted octanol–water partition coefficient (Wildman–Crippen LogP) is 1.84. The van der Waals surface area contributed by atoms with Crippen LogP contribution >= 0.6 is 0 Å². The van der Waals surface area contributed by atoms with E-state index < -0.39 is 0 Å². The van der Waals surface area contributed by atoms with Gasteiger partial charge in [0.2, 0.25) is 0 Å². The van der Waals surface area contributed by atoms with Gasteiger partial charge in [-0.05, 0) is 26.4 Å². The molecule has 0 N–H and O–H groups in total. The lowest BCUT2D eigenvalue weighted by atomic mass is 10.2. The Hall–Kier alpha value is -0.830. The Morgan fingerprint density at radius 1 is 1.43 bits per heavy atom. The molecule has 0 rings (SSSR count). The Balaban J connectivity index is 4.10. The minimum absolute atomic E-state index is 0.211. The van der Waals surface area contributed by atoms with Crippen LogP contribution in [0.1, 0.15) is 26.7 Å². The molecule has 14 heavy (non-hydrogen) atoms. The van der Waals surface area contributed by atoms with E-state index in [1.807, 2.05) is 20.0 Å². The summed E-state index contributed by atoms with van der Waals surface area (Å²) in [6.07, 6.45) is 3.80. The molecule has 0 aromatic carbocycles. The second-order valence-corrected chi connectivity index (χ2v) is 3.34. The van der Waals surface area contributed by atoms with E-state index in [-0.39, 0.29) is 5.97 Å². The number of nitrogens with zero attached hydrogens (tertiary/aromatic N) is 1. The van der Waals surface area contributed by atoms with E-state index in [0.29, 0.717) is 0 Å². The summed E-state index contributed by atoms with van der Waals surface area (Å²) in [5.41, 5.74) is 0.760. The molecule has 0 aliphatic rings. The molecule has 0 amide bonds. The zero-order valence-corrected chi connectivity index (χ0v) is 9.67. The smallest absolute Gasteiger partial charge is 0.333 e. The van der Waals surface area contributed by atoms with E-state index in [1.54, 1.807) is 0 Å². The maximum absolute atomic E-state index is 11.2. The third-order valence-corrected chi connectivity index (χ3v) is 2.08. The normalized spacial score (nSPS) is 11.9. The molecular weight excluding hydrogens is 178 g/mol. The van der Waals surface area contributed by atoms with Gasteiger partial charge >= 0.3 is 5.97 Å². The summed E-state index contributed by atoms with van der Waals surface area (Å²) >= 11 is 0. The largest absolute Gasteiger partial charge is 0.466 e. The van der Waals surface area contributed by atoms with Crippen LogP contribution in [0.3, 0.4) is 0 Å². The fourth-order valence-corrected chi connectivity index (χ4v) is 1.24. The van der Waals surface area contributed by atoms with Crippen molar-refractivity contribution in [3.05, 3.63) is 11.6 Å². The van der Waals surface area contributed by atoms with Gasteiger partial charge in [-0.15, -0.1) is 0 Å². The molecule has 0 saturated carbocycles. The van der Waals surface area contributed by atoms with Crippen LogP contribution in [-0.4, -0.2) is 38.1 Å². The zero-order valence-electron chi connectivity index (χ0n) is 9.67. The number of methoxy groups -OCH3 is 1. The minimum Gasteiger partial charge on any atom is -0.466 e. The van der Waals surface area contributed by atoms with E-state index in [0.717, 1.165) is 31.5 Å². The average Bonchev–Trinajstić information content (AvgIpc) is 2.18. The first kappa shape index (κ1) is 13.2. The molecular formula is C11H21NO2. The summed E-state index contributed by atoms with van der Waals surface area (Å²) < 4.78 is 4.67. The lowest BCUT2D eigenvalue weighted by molar-refractivity contribution is -0.136. The molecule has 0 atom stereocenters. The standard InChI is InChI=1S/C11H21NO2/c1-5-8-12(3)9-7-10(6-2)11(13)14-4/h7H,5-6,8-9H2,1-4H3. The van der Waals surface area contributed by atoms with Gasteiger partial charge in [-0.2, -0.15) is 0 Å². The van der Waals surface area contributed by atoms with Crippen molar-refractivity contribution in [3.8, 4) is 0 Å². The number of carbonyl (C=O) groups excluding carboxylic acids is 1. The van der Waals surface area contributed by atoms with Gasteiger partial charge in [0, 0.05) is 12.1 Å². The van der Waals surface area contributed by atoms with Gasteiger partial charge in [0.25, 0.3) is 0 Å². The molecule has 0 aliphatic heterocycles. The van der Waals surface area contributed by atoms with Crippen LogP contribution in [-0.2, 0) is 9.53 Å². The Kier molecular flexibility index (Phi) is 7.11. The van der Waals surface area contributed by atoms with E-state index in [2.05, 4.69) is 16.6 Å². The van der Waals surface area contributed by atoms with Gasteiger partial charge < -0.3 is 9.64 Å². The molecule has 0 saturated heterocycles. The number of rotatable bonds is 6. The van der Waals surface area contributed by atoms with E-state index in [1.165, 1.54) is 7.11 Å². The van der Waals surface area contributed by atoms with E-state index in [9.17, 15) is 4.79 Å². The Bertz CT molecular complexity index is 199. The fourth-order valence-electron chi connectivity index (χ4n) is 1.24. The summed E-state index contributed by atoms with van der Waals surface area (Å²) in [7, 11) is 3.46. The van der Waals surface area contributed by atoms with Crippen molar-refractivity contribution in [1.82, 2.24) is 4.90 Å². The molecule has 0 aromatic heterocycles. The number of likely N-dealkylation sites (N-methyl/N-ethyl adjacent to an activating group) is 1. The lowest BCUT2D eigenvalue weighted by Gasteiger charge is -2.13. The molecule has 0 aliphatic carbocycles. The van der Waals surface area contributed by atoms with Crippen molar-refractivity contribution in [2.75, 3.05) is 27.2 Å². The summed E-state index contributed by atoms with van der Waals surface area (Å²) in [6.45, 7) is 5.96. The molecule has 0 spiro atoms. The van der Waals surface area contributed by atoms with Gasteiger partial charge in [-0.25, -0.2) is 4.79 Å². The van der Waals surface area contributed by atoms with Gasteiger partial charge in [-0.1, -0.05) is 19.9 Å². The molecule has 0 unspecified atom stereocenters. The first-order chi connectivity index (χ1) is 6.65. The number of hydrogen-bond donors (Lipinski definition) is 0. The molecule has 0 heterocycles. The highest BCUT2D eigenvalue weighted by Gasteiger charge is 2.06. The summed E-state index contributed by atoms with van der Waals surface area (Å²) in [4.78, 5) is 13.4. The monoisotopic (exact) mass is 199 g/mol. The van der Waals surface area contributed by atoms with Crippen LogP contribution in [0.5, 0.6) is 0 Å². The van der Waals surface area contributed by atoms with Crippen LogP contribution in [0.15, 0.2) is 11.6 Å². The number of esters is 1. The average molecular weight is 199 g/mol. The van der Waals surface area contributed by atoms with E-state index >= 15 is 0 Å². The third kappa shape index (κ3) is 5.02. The van der Waals surface area contributed by atoms with Crippen LogP contribution in [0, 0.1) is 0 Å². The Labute approximate surface area is 86.7 Å². The highest BCUT2D eigenvalue weighted by Crippen LogP contribution is 2.03. The van der Waals surface area contributed by atoms with Gasteiger partial charge in [0.05, 0.1) is 7.11 Å². The van der Waals surface area contributed by atoms with E-state index in [4.69, 9.17) is 0 Å². The number of hydrogen-bond acceptors (Lipinski definition) is 3. The Morgan fingerprint density at radius 3 is 2.50 bits per heavy atom. The second-order valence-electron chi connectivity index (χ2n) is 3.34. The van der Waals surface area contributed by atoms with Crippen molar-refractivity contribution < 1.29 is 9.53 Å². The zero-order chi connectivity index (χ0) is 11.0. The highest BCUT2D eigenvalue weighted by atomic mass is 16.5. The first-order valence-electron chi connectivity index (χ1n) is 5.11. The molecule has 0 bridgehead atoms. The lowest BCUT2D eigenvalue weighted by Crippen LogP contribution is -2.20. The van der Waals surface area contributed by atoms with Crippen molar-refractivity contribution in [1.29, 1.82) is 0 Å². The Morgan fingerprint density at radius 2 is 2.07 bits per heavy atom. The summed E-state index contributed by atoms with van der Waals surface area (Å²) in [5, 5.41) is 0. The van der Waals surface area contributed by atoms with Crippen molar-refractivity contribution in [2.45, 2.75) is 26.7 Å².